The average molecular weight is 441 g/mol. The van der Waals surface area contributed by atoms with Crippen molar-refractivity contribution < 1.29 is 4.74 Å². The van der Waals surface area contributed by atoms with E-state index in [0.29, 0.717) is 0 Å². The highest BCUT2D eigenvalue weighted by Gasteiger charge is 2.24. The van der Waals surface area contributed by atoms with Crippen molar-refractivity contribution in [2.75, 3.05) is 38.2 Å². The SMILES string of the molecule is Cc1[nH]ncc1CCCNc1nc(CN2CCOCC2)nc2sc3c(c12)CC[C@H](C)C3. The number of nitrogens with one attached hydrogen (secondary N) is 2. The summed E-state index contributed by atoms with van der Waals surface area (Å²) >= 11 is 1.89. The molecule has 4 heterocycles. The first kappa shape index (κ1) is 20.8. The zero-order valence-electron chi connectivity index (χ0n) is 18.5. The smallest absolute Gasteiger partial charge is 0.146 e. The molecule has 1 atom stereocenters. The number of hydrogen-bond acceptors (Lipinski definition) is 7. The summed E-state index contributed by atoms with van der Waals surface area (Å²) in [6, 6.07) is 0. The van der Waals surface area contributed by atoms with Gasteiger partial charge in [0.1, 0.15) is 16.5 Å². The molecule has 5 rings (SSSR count). The number of hydrogen-bond donors (Lipinski definition) is 2. The van der Waals surface area contributed by atoms with Gasteiger partial charge in [0.05, 0.1) is 31.3 Å². The highest BCUT2D eigenvalue weighted by atomic mass is 32.1. The number of anilines is 1. The van der Waals surface area contributed by atoms with E-state index in [9.17, 15) is 0 Å². The lowest BCUT2D eigenvalue weighted by molar-refractivity contribution is 0.0331. The molecule has 8 heteroatoms. The summed E-state index contributed by atoms with van der Waals surface area (Å²) in [6.45, 7) is 9.63. The van der Waals surface area contributed by atoms with Crippen molar-refractivity contribution in [3.8, 4) is 0 Å². The van der Waals surface area contributed by atoms with E-state index in [2.05, 4.69) is 34.3 Å². The maximum Gasteiger partial charge on any atom is 0.146 e. The van der Waals surface area contributed by atoms with Crippen molar-refractivity contribution in [2.24, 2.45) is 5.92 Å². The Balaban J connectivity index is 1.38. The largest absolute Gasteiger partial charge is 0.379 e. The molecule has 1 saturated heterocycles. The van der Waals surface area contributed by atoms with Crippen molar-refractivity contribution in [3.05, 3.63) is 33.7 Å². The van der Waals surface area contributed by atoms with E-state index >= 15 is 0 Å². The van der Waals surface area contributed by atoms with Crippen molar-refractivity contribution in [1.29, 1.82) is 0 Å². The van der Waals surface area contributed by atoms with E-state index in [1.165, 1.54) is 39.9 Å². The zero-order valence-corrected chi connectivity index (χ0v) is 19.4. The van der Waals surface area contributed by atoms with Gasteiger partial charge >= 0.3 is 0 Å². The van der Waals surface area contributed by atoms with Gasteiger partial charge in [0.15, 0.2) is 0 Å². The average Bonchev–Trinajstić information content (AvgIpc) is 3.34. The third-order valence-corrected chi connectivity index (χ3v) is 7.67. The van der Waals surface area contributed by atoms with Gasteiger partial charge in [-0.15, -0.1) is 11.3 Å². The van der Waals surface area contributed by atoms with Gasteiger partial charge < -0.3 is 10.1 Å². The van der Waals surface area contributed by atoms with Gasteiger partial charge in [0.25, 0.3) is 0 Å². The monoisotopic (exact) mass is 440 g/mol. The lowest BCUT2D eigenvalue weighted by Crippen LogP contribution is -2.36. The molecule has 3 aromatic heterocycles. The van der Waals surface area contributed by atoms with Crippen LogP contribution >= 0.6 is 11.3 Å². The molecule has 166 valence electrons. The summed E-state index contributed by atoms with van der Waals surface area (Å²) in [5.74, 6) is 2.72. The van der Waals surface area contributed by atoms with E-state index in [4.69, 9.17) is 14.7 Å². The number of morpholine rings is 1. The molecule has 2 aliphatic rings. The fraction of sp³-hybridized carbons (Fsp3) is 0.609. The number of thiophene rings is 1. The molecule has 1 aliphatic carbocycles. The molecule has 1 aliphatic heterocycles. The first-order valence-corrected chi connectivity index (χ1v) is 12.3. The zero-order chi connectivity index (χ0) is 21.2. The number of rotatable bonds is 7. The molecule has 3 aromatic rings. The number of aromatic nitrogens is 4. The third-order valence-electron chi connectivity index (χ3n) is 6.52. The molecule has 7 nitrogen and oxygen atoms in total. The fourth-order valence-electron chi connectivity index (χ4n) is 4.66. The van der Waals surface area contributed by atoms with E-state index in [-0.39, 0.29) is 0 Å². The topological polar surface area (TPSA) is 79.0 Å². The minimum Gasteiger partial charge on any atom is -0.379 e. The van der Waals surface area contributed by atoms with Crippen LogP contribution in [0.1, 0.15) is 47.3 Å². The number of ether oxygens (including phenoxy) is 1. The number of fused-ring (bicyclic) bond motifs is 3. The molecular formula is C23H32N6OS. The highest BCUT2D eigenvalue weighted by Crippen LogP contribution is 2.40. The van der Waals surface area contributed by atoms with Gasteiger partial charge in [-0.25, -0.2) is 9.97 Å². The molecule has 1 fully saturated rings. The predicted octanol–water partition coefficient (Wildman–Crippen LogP) is 3.72. The number of aryl methyl sites for hydroxylation is 3. The van der Waals surface area contributed by atoms with Gasteiger partial charge in [0.2, 0.25) is 0 Å². The summed E-state index contributed by atoms with van der Waals surface area (Å²) < 4.78 is 5.50. The van der Waals surface area contributed by atoms with Gasteiger partial charge in [-0.05, 0) is 56.1 Å². The van der Waals surface area contributed by atoms with Gasteiger partial charge in [0, 0.05) is 30.2 Å². The van der Waals surface area contributed by atoms with Gasteiger partial charge in [-0.3, -0.25) is 10.00 Å². The molecule has 31 heavy (non-hydrogen) atoms. The third kappa shape index (κ3) is 4.61. The Kier molecular flexibility index (Phi) is 6.20. The van der Waals surface area contributed by atoms with E-state index in [0.717, 1.165) is 81.0 Å². The minimum atomic E-state index is 0.760. The number of aromatic amines is 1. The van der Waals surface area contributed by atoms with Crippen LogP contribution in [0.2, 0.25) is 0 Å². The van der Waals surface area contributed by atoms with Crippen molar-refractivity contribution in [1.82, 2.24) is 25.1 Å². The molecule has 0 amide bonds. The Morgan fingerprint density at radius 1 is 1.29 bits per heavy atom. The Morgan fingerprint density at radius 2 is 2.16 bits per heavy atom. The van der Waals surface area contributed by atoms with Gasteiger partial charge in [-0.2, -0.15) is 5.10 Å². The van der Waals surface area contributed by atoms with Crippen LogP contribution in [0.15, 0.2) is 6.20 Å². The standard InChI is InChI=1S/C23H32N6OS/c1-15-5-6-18-19(12-15)31-23-21(18)22(24-7-3-4-17-13-25-28-16(17)2)26-20(27-23)14-29-8-10-30-11-9-29/h13,15H,3-12,14H2,1-2H3,(H,25,28)(H,24,26,27)/t15-/m0/s1. The van der Waals surface area contributed by atoms with Crippen LogP contribution in [-0.2, 0) is 30.5 Å². The van der Waals surface area contributed by atoms with Gasteiger partial charge in [-0.1, -0.05) is 6.92 Å². The second-order valence-electron chi connectivity index (χ2n) is 8.96. The van der Waals surface area contributed by atoms with Crippen LogP contribution < -0.4 is 5.32 Å². The molecule has 0 bridgehead atoms. The lowest BCUT2D eigenvalue weighted by atomic mass is 9.89. The van der Waals surface area contributed by atoms with Crippen LogP contribution in [0.3, 0.4) is 0 Å². The van der Waals surface area contributed by atoms with Crippen LogP contribution in [0.4, 0.5) is 5.82 Å². The normalized spacial score (nSPS) is 19.6. The molecule has 0 aromatic carbocycles. The maximum atomic E-state index is 5.50. The molecule has 2 N–H and O–H groups in total. The molecule has 0 saturated carbocycles. The summed E-state index contributed by atoms with van der Waals surface area (Å²) in [6.07, 6.45) is 7.58. The quantitative estimate of drug-likeness (QED) is 0.545. The maximum absolute atomic E-state index is 5.50. The molecular weight excluding hydrogens is 408 g/mol. The number of nitrogens with zero attached hydrogens (tertiary/aromatic N) is 4. The van der Waals surface area contributed by atoms with Crippen LogP contribution in [0, 0.1) is 12.8 Å². The highest BCUT2D eigenvalue weighted by molar-refractivity contribution is 7.19. The Labute approximate surface area is 187 Å². The van der Waals surface area contributed by atoms with Crippen LogP contribution in [0.5, 0.6) is 0 Å². The van der Waals surface area contributed by atoms with Crippen molar-refractivity contribution >= 4 is 27.4 Å². The summed E-state index contributed by atoms with van der Waals surface area (Å²) in [5.41, 5.74) is 3.95. The summed E-state index contributed by atoms with van der Waals surface area (Å²) in [7, 11) is 0. The van der Waals surface area contributed by atoms with Crippen LogP contribution in [-0.4, -0.2) is 57.9 Å². The van der Waals surface area contributed by atoms with Crippen LogP contribution in [0.25, 0.3) is 10.2 Å². The molecule has 0 spiro atoms. The summed E-state index contributed by atoms with van der Waals surface area (Å²) in [4.78, 5) is 15.1. The Morgan fingerprint density at radius 3 is 2.97 bits per heavy atom. The van der Waals surface area contributed by atoms with E-state index < -0.39 is 0 Å². The lowest BCUT2D eigenvalue weighted by Gasteiger charge is -2.26. The first-order chi connectivity index (χ1) is 15.2. The summed E-state index contributed by atoms with van der Waals surface area (Å²) in [5, 5.41) is 12.1. The molecule has 0 unspecified atom stereocenters. The van der Waals surface area contributed by atoms with E-state index in [1.807, 2.05) is 17.5 Å². The van der Waals surface area contributed by atoms with Crippen molar-refractivity contribution in [2.45, 2.75) is 52.5 Å². The molecule has 0 radical (unpaired) electrons. The second kappa shape index (κ2) is 9.22. The Hall–Kier alpha value is -2.03. The first-order valence-electron chi connectivity index (χ1n) is 11.5. The minimum absolute atomic E-state index is 0.760. The second-order valence-corrected chi connectivity index (χ2v) is 10.0. The van der Waals surface area contributed by atoms with E-state index in [1.54, 1.807) is 0 Å². The predicted molar refractivity (Wildman–Crippen MR) is 125 cm³/mol. The van der Waals surface area contributed by atoms with Crippen molar-refractivity contribution in [3.63, 3.8) is 0 Å². The fourth-order valence-corrected chi connectivity index (χ4v) is 6.06. The number of H-pyrrole nitrogens is 1. The Bertz CT molecular complexity index is 1040.